The van der Waals surface area contributed by atoms with Gasteiger partial charge in [0.25, 0.3) is 0 Å². The van der Waals surface area contributed by atoms with Crippen LogP contribution < -0.4 is 10.6 Å². The van der Waals surface area contributed by atoms with Crippen molar-refractivity contribution in [2.45, 2.75) is 71.6 Å². The zero-order valence-corrected chi connectivity index (χ0v) is 29.5. The second kappa shape index (κ2) is 13.6. The molecule has 1 saturated carbocycles. The van der Waals surface area contributed by atoms with E-state index in [0.717, 1.165) is 58.2 Å². The molecule has 0 radical (unpaired) electrons. The summed E-state index contributed by atoms with van der Waals surface area (Å²) in [6.45, 7) is 9.65. The normalized spacial score (nSPS) is 17.1. The monoisotopic (exact) mass is 679 g/mol. The van der Waals surface area contributed by atoms with E-state index in [9.17, 15) is 19.2 Å². The number of ketones is 1. The molecule has 0 unspecified atom stereocenters. The Morgan fingerprint density at radius 1 is 0.940 bits per heavy atom. The maximum atomic E-state index is 13.8. The second-order valence-electron chi connectivity index (χ2n) is 14.8. The Kier molecular flexibility index (Phi) is 9.44. The maximum absolute atomic E-state index is 13.8. The van der Waals surface area contributed by atoms with Gasteiger partial charge in [0.15, 0.2) is 5.78 Å². The lowest BCUT2D eigenvalue weighted by atomic mass is 9.98. The van der Waals surface area contributed by atoms with Gasteiger partial charge < -0.3 is 30.0 Å². The Morgan fingerprint density at radius 2 is 1.58 bits per heavy atom. The highest BCUT2D eigenvalue weighted by Gasteiger charge is 2.55. The molecule has 3 amide bonds. The molecule has 3 aromatic carbocycles. The first-order chi connectivity index (χ1) is 23.7. The van der Waals surface area contributed by atoms with Crippen LogP contribution in [0.15, 0.2) is 66.9 Å². The summed E-state index contributed by atoms with van der Waals surface area (Å²) in [5.74, 6) is 0.321. The number of hydrogen-bond donors (Lipinski definition) is 3. The number of Topliss-reactive ketones (excluding diaryl/α,β-unsaturated/α-hetero) is 1. The first kappa shape index (κ1) is 34.7. The predicted molar refractivity (Wildman–Crippen MR) is 190 cm³/mol. The number of carbonyl (C=O) groups excluding carboxylic acids is 4. The van der Waals surface area contributed by atoms with Crippen molar-refractivity contribution in [3.05, 3.63) is 78.2 Å². The molecule has 2 heterocycles. The molecule has 1 spiro atoms. The fraction of sp³-hybridized carbons (Fsp3) is 0.410. The first-order valence-corrected chi connectivity index (χ1v) is 17.1. The molecular weight excluding hydrogens is 634 g/mol. The minimum absolute atomic E-state index is 0.105. The van der Waals surface area contributed by atoms with E-state index in [-0.39, 0.29) is 35.6 Å². The summed E-state index contributed by atoms with van der Waals surface area (Å²) in [6.07, 6.45) is 3.66. The topological polar surface area (TPSA) is 143 Å². The zero-order chi connectivity index (χ0) is 35.8. The van der Waals surface area contributed by atoms with E-state index >= 15 is 0 Å². The zero-order valence-electron chi connectivity index (χ0n) is 29.5. The highest BCUT2D eigenvalue weighted by molar-refractivity contribution is 5.99. The van der Waals surface area contributed by atoms with Crippen LogP contribution in [-0.4, -0.2) is 70.6 Å². The molecule has 2 atom stereocenters. The van der Waals surface area contributed by atoms with Crippen molar-refractivity contribution in [3.63, 3.8) is 0 Å². The van der Waals surface area contributed by atoms with Crippen LogP contribution in [0.25, 0.3) is 33.2 Å². The molecule has 11 nitrogen and oxygen atoms in total. The average molecular weight is 680 g/mol. The summed E-state index contributed by atoms with van der Waals surface area (Å²) < 4.78 is 9.99. The summed E-state index contributed by atoms with van der Waals surface area (Å²) in [6, 6.07) is 18.9. The minimum Gasteiger partial charge on any atom is -0.453 e. The van der Waals surface area contributed by atoms with Gasteiger partial charge in [0.05, 0.1) is 25.4 Å². The van der Waals surface area contributed by atoms with E-state index in [2.05, 4.69) is 39.9 Å². The lowest BCUT2D eigenvalue weighted by Crippen LogP contribution is -2.51. The number of aromatic amines is 1. The van der Waals surface area contributed by atoms with Crippen molar-refractivity contribution in [1.29, 1.82) is 0 Å². The van der Waals surface area contributed by atoms with Crippen LogP contribution in [0.2, 0.25) is 0 Å². The Morgan fingerprint density at radius 3 is 2.20 bits per heavy atom. The number of H-pyrrole nitrogens is 1. The number of methoxy groups -OCH3 is 1. The molecule has 2 aliphatic rings. The van der Waals surface area contributed by atoms with Gasteiger partial charge in [-0.2, -0.15) is 0 Å². The van der Waals surface area contributed by atoms with Crippen molar-refractivity contribution < 1.29 is 28.7 Å². The lowest BCUT2D eigenvalue weighted by Gasteiger charge is -2.30. The first-order valence-electron chi connectivity index (χ1n) is 17.1. The number of fused-ring (bicyclic) bond motifs is 1. The SMILES string of the molecule is COC(=O)N[C@H](C(=O)N1CC2(CC2)C[C@H]1c1nc(-c2ccc3cc(-c4ccc(C(=O)CNC(=O)OC(C)(C)C)cc4)ccc3c2)c[nH]1)C(C)C. The third-order valence-corrected chi connectivity index (χ3v) is 9.52. The molecule has 0 bridgehead atoms. The van der Waals surface area contributed by atoms with Gasteiger partial charge in [0.1, 0.15) is 17.5 Å². The third kappa shape index (κ3) is 7.66. The highest BCUT2D eigenvalue weighted by atomic mass is 16.6. The van der Waals surface area contributed by atoms with Crippen molar-refractivity contribution in [1.82, 2.24) is 25.5 Å². The smallest absolute Gasteiger partial charge is 0.408 e. The van der Waals surface area contributed by atoms with E-state index in [0.29, 0.717) is 12.1 Å². The summed E-state index contributed by atoms with van der Waals surface area (Å²) >= 11 is 0. The van der Waals surface area contributed by atoms with Gasteiger partial charge in [-0.15, -0.1) is 0 Å². The lowest BCUT2D eigenvalue weighted by molar-refractivity contribution is -0.135. The number of benzene rings is 3. The van der Waals surface area contributed by atoms with E-state index in [1.54, 1.807) is 32.9 Å². The molecule has 3 N–H and O–H groups in total. The average Bonchev–Trinajstić information content (AvgIpc) is 3.47. The summed E-state index contributed by atoms with van der Waals surface area (Å²) in [5.41, 5.74) is 3.72. The molecule has 1 aliphatic carbocycles. The summed E-state index contributed by atoms with van der Waals surface area (Å²) in [4.78, 5) is 60.6. The summed E-state index contributed by atoms with van der Waals surface area (Å²) in [7, 11) is 1.30. The van der Waals surface area contributed by atoms with Crippen molar-refractivity contribution in [2.24, 2.45) is 11.3 Å². The molecule has 50 heavy (non-hydrogen) atoms. The van der Waals surface area contributed by atoms with Gasteiger partial charge in [-0.3, -0.25) is 9.59 Å². The number of rotatable bonds is 9. The van der Waals surface area contributed by atoms with Crippen LogP contribution in [0.4, 0.5) is 9.59 Å². The minimum atomic E-state index is -0.688. The number of alkyl carbamates (subject to hydrolysis) is 2. The Hall–Kier alpha value is -5.19. The number of ether oxygens (including phenoxy) is 2. The largest absolute Gasteiger partial charge is 0.453 e. The van der Waals surface area contributed by atoms with Crippen molar-refractivity contribution in [3.8, 4) is 22.4 Å². The van der Waals surface area contributed by atoms with Crippen LogP contribution in [0.1, 0.15) is 76.1 Å². The van der Waals surface area contributed by atoms with E-state index in [1.165, 1.54) is 7.11 Å². The fourth-order valence-corrected chi connectivity index (χ4v) is 6.61. The number of nitrogens with one attached hydrogen (secondary N) is 3. The Labute approximate surface area is 292 Å². The Balaban J connectivity index is 1.15. The van der Waals surface area contributed by atoms with Crippen molar-refractivity contribution in [2.75, 3.05) is 20.2 Å². The molecule has 262 valence electrons. The van der Waals surface area contributed by atoms with Gasteiger partial charge in [0, 0.05) is 23.9 Å². The number of nitrogens with zero attached hydrogens (tertiary/aromatic N) is 2. The van der Waals surface area contributed by atoms with E-state index in [1.807, 2.05) is 49.2 Å². The fourth-order valence-electron chi connectivity index (χ4n) is 6.61. The number of likely N-dealkylation sites (tertiary alicyclic amines) is 1. The Bertz CT molecular complexity index is 1920. The van der Waals surface area contributed by atoms with Gasteiger partial charge in [-0.05, 0) is 85.4 Å². The maximum Gasteiger partial charge on any atom is 0.408 e. The van der Waals surface area contributed by atoms with Crippen molar-refractivity contribution >= 4 is 34.6 Å². The molecular formula is C39H45N5O6. The molecule has 1 saturated heterocycles. The van der Waals surface area contributed by atoms with Crippen LogP contribution in [-0.2, 0) is 14.3 Å². The highest BCUT2D eigenvalue weighted by Crippen LogP contribution is 2.58. The number of amides is 3. The molecule has 6 rings (SSSR count). The number of hydrogen-bond acceptors (Lipinski definition) is 7. The quantitative estimate of drug-likeness (QED) is 0.161. The number of carbonyl (C=O) groups is 4. The van der Waals surface area contributed by atoms with Gasteiger partial charge in [-0.1, -0.05) is 62.4 Å². The van der Waals surface area contributed by atoms with Gasteiger partial charge >= 0.3 is 12.2 Å². The molecule has 1 aliphatic heterocycles. The molecule has 1 aromatic heterocycles. The van der Waals surface area contributed by atoms with Gasteiger partial charge in [0.2, 0.25) is 5.91 Å². The van der Waals surface area contributed by atoms with Crippen LogP contribution in [0.5, 0.6) is 0 Å². The molecule has 11 heteroatoms. The van der Waals surface area contributed by atoms with E-state index < -0.39 is 23.8 Å². The van der Waals surface area contributed by atoms with Crippen LogP contribution in [0, 0.1) is 11.3 Å². The van der Waals surface area contributed by atoms with Crippen LogP contribution in [0.3, 0.4) is 0 Å². The third-order valence-electron chi connectivity index (χ3n) is 9.52. The van der Waals surface area contributed by atoms with E-state index in [4.69, 9.17) is 14.5 Å². The van der Waals surface area contributed by atoms with Crippen LogP contribution >= 0.6 is 0 Å². The standard InChI is InChI=1S/C39H45N5O6/c1-23(2)33(43-37(48)49-6)35(46)44-22-39(15-16-39)19-31(44)34-40-20-30(42-34)29-14-13-27-17-26(11-12-28(27)18-29)24-7-9-25(10-8-24)32(45)21-41-36(47)50-38(3,4)5/h7-14,17-18,20,23,31,33H,15-16,19,21-22H2,1-6H3,(H,40,42)(H,41,47)(H,43,48)/t31-,33-/m0/s1. The number of imidazole rings is 1. The predicted octanol–water partition coefficient (Wildman–Crippen LogP) is 7.04. The summed E-state index contributed by atoms with van der Waals surface area (Å²) in [5, 5.41) is 7.36. The van der Waals surface area contributed by atoms with Gasteiger partial charge in [-0.25, -0.2) is 14.6 Å². The molecule has 2 fully saturated rings. The second-order valence-corrected chi connectivity index (χ2v) is 14.8. The number of aromatic nitrogens is 2. The molecule has 4 aromatic rings.